The van der Waals surface area contributed by atoms with Crippen molar-refractivity contribution in [2.75, 3.05) is 28.2 Å². The molecule has 0 saturated carbocycles. The lowest BCUT2D eigenvalue weighted by Gasteiger charge is -2.31. The largest absolute Gasteiger partial charge is 0.416 e. The van der Waals surface area contributed by atoms with Crippen molar-refractivity contribution in [3.05, 3.63) is 88.0 Å². The van der Waals surface area contributed by atoms with E-state index in [0.717, 1.165) is 35.8 Å². The van der Waals surface area contributed by atoms with Crippen molar-refractivity contribution in [2.45, 2.75) is 39.3 Å². The molecule has 3 aromatic carbocycles. The van der Waals surface area contributed by atoms with Crippen LogP contribution in [-0.4, -0.2) is 30.8 Å². The monoisotopic (exact) mass is 521 g/mol. The lowest BCUT2D eigenvalue weighted by Crippen LogP contribution is -2.33. The van der Waals surface area contributed by atoms with Crippen molar-refractivity contribution in [1.82, 2.24) is 0 Å². The molecule has 0 atom stereocenters. The van der Waals surface area contributed by atoms with Crippen LogP contribution in [0.15, 0.2) is 54.6 Å². The Bertz CT molecular complexity index is 1460. The summed E-state index contributed by atoms with van der Waals surface area (Å²) in [5.74, 6) is -1.61. The standard InChI is InChI=1S/C29H26F3N3O3/c1-17-6-10-21-22(14-17)28(38)35(27(21)37)20-9-11-25(34-12-4-3-5-13-34)23(16-20)26(36)33-19-8-7-18(2)24(15-19)29(30,31)32/h6-11,14-16H,3-5,12-13H2,1-2H3,(H,33,36). The van der Waals surface area contributed by atoms with E-state index in [2.05, 4.69) is 5.32 Å². The number of nitrogens with zero attached hydrogens (tertiary/aromatic N) is 2. The van der Waals surface area contributed by atoms with Gasteiger partial charge < -0.3 is 10.2 Å². The van der Waals surface area contributed by atoms with Crippen LogP contribution >= 0.6 is 0 Å². The van der Waals surface area contributed by atoms with Crippen LogP contribution in [0.5, 0.6) is 0 Å². The summed E-state index contributed by atoms with van der Waals surface area (Å²) in [7, 11) is 0. The van der Waals surface area contributed by atoms with E-state index in [1.54, 1.807) is 30.3 Å². The first-order valence-electron chi connectivity index (χ1n) is 12.4. The molecule has 1 fully saturated rings. The van der Waals surface area contributed by atoms with Crippen molar-refractivity contribution in [3.63, 3.8) is 0 Å². The summed E-state index contributed by atoms with van der Waals surface area (Å²) in [5.41, 5.74) is 1.62. The molecule has 6 nitrogen and oxygen atoms in total. The summed E-state index contributed by atoms with van der Waals surface area (Å²) in [6.07, 6.45) is -1.62. The average molecular weight is 522 g/mol. The topological polar surface area (TPSA) is 69.7 Å². The molecular formula is C29H26F3N3O3. The quantitative estimate of drug-likeness (QED) is 0.406. The number of fused-ring (bicyclic) bond motifs is 1. The molecule has 9 heteroatoms. The van der Waals surface area contributed by atoms with Crippen LogP contribution in [0.2, 0.25) is 0 Å². The van der Waals surface area contributed by atoms with Crippen LogP contribution in [0.4, 0.5) is 30.2 Å². The predicted octanol–water partition coefficient (Wildman–Crippen LogP) is 6.37. The van der Waals surface area contributed by atoms with Crippen LogP contribution in [0.1, 0.15) is 67.0 Å². The molecule has 3 amide bonds. The van der Waals surface area contributed by atoms with Crippen molar-refractivity contribution >= 4 is 34.8 Å². The Morgan fingerprint density at radius 3 is 2.26 bits per heavy atom. The molecule has 1 saturated heterocycles. The maximum absolute atomic E-state index is 13.5. The highest BCUT2D eigenvalue weighted by Crippen LogP contribution is 2.36. The third-order valence-corrected chi connectivity index (χ3v) is 7.02. The van der Waals surface area contributed by atoms with Gasteiger partial charge in [0.2, 0.25) is 0 Å². The van der Waals surface area contributed by atoms with Gasteiger partial charge in [0.05, 0.1) is 27.9 Å². The SMILES string of the molecule is Cc1ccc2c(c1)C(=O)N(c1ccc(N3CCCCC3)c(C(=O)Nc3ccc(C)c(C(F)(F)F)c3)c1)C2=O. The van der Waals surface area contributed by atoms with E-state index < -0.39 is 29.5 Å². The highest BCUT2D eigenvalue weighted by atomic mass is 19.4. The number of imide groups is 1. The van der Waals surface area contributed by atoms with Gasteiger partial charge in [0.1, 0.15) is 0 Å². The van der Waals surface area contributed by atoms with Gasteiger partial charge in [-0.15, -0.1) is 0 Å². The zero-order valence-corrected chi connectivity index (χ0v) is 21.0. The van der Waals surface area contributed by atoms with Gasteiger partial charge in [-0.1, -0.05) is 17.7 Å². The molecule has 5 rings (SSSR count). The maximum Gasteiger partial charge on any atom is 0.416 e. The highest BCUT2D eigenvalue weighted by molar-refractivity contribution is 6.34. The molecule has 0 aromatic heterocycles. The number of nitrogens with one attached hydrogen (secondary N) is 1. The lowest BCUT2D eigenvalue weighted by molar-refractivity contribution is -0.138. The number of aryl methyl sites for hydroxylation is 2. The number of carbonyl (C=O) groups is 3. The highest BCUT2D eigenvalue weighted by Gasteiger charge is 2.37. The summed E-state index contributed by atoms with van der Waals surface area (Å²) in [5, 5.41) is 2.59. The molecule has 0 spiro atoms. The normalized spacial score (nSPS) is 15.6. The van der Waals surface area contributed by atoms with Crippen molar-refractivity contribution in [1.29, 1.82) is 0 Å². The number of hydrogen-bond acceptors (Lipinski definition) is 4. The minimum Gasteiger partial charge on any atom is -0.371 e. The molecule has 0 unspecified atom stereocenters. The zero-order chi connectivity index (χ0) is 27.2. The maximum atomic E-state index is 13.5. The first-order valence-corrected chi connectivity index (χ1v) is 12.4. The molecule has 2 aliphatic rings. The molecule has 3 aromatic rings. The molecule has 1 N–H and O–H groups in total. The summed E-state index contributed by atoms with van der Waals surface area (Å²) in [6, 6.07) is 13.4. The molecule has 38 heavy (non-hydrogen) atoms. The number of amides is 3. The Kier molecular flexibility index (Phi) is 6.46. The third kappa shape index (κ3) is 4.64. The molecule has 2 aliphatic heterocycles. The molecule has 196 valence electrons. The van der Waals surface area contributed by atoms with E-state index in [9.17, 15) is 27.6 Å². The van der Waals surface area contributed by atoms with Crippen LogP contribution in [0.3, 0.4) is 0 Å². The van der Waals surface area contributed by atoms with E-state index in [1.807, 2.05) is 11.8 Å². The van der Waals surface area contributed by atoms with Crippen molar-refractivity contribution in [3.8, 4) is 0 Å². The minimum atomic E-state index is -4.56. The predicted molar refractivity (Wildman–Crippen MR) is 139 cm³/mol. The zero-order valence-electron chi connectivity index (χ0n) is 21.0. The van der Waals surface area contributed by atoms with Crippen LogP contribution in [0, 0.1) is 13.8 Å². The number of rotatable bonds is 4. The first kappa shape index (κ1) is 25.5. The second kappa shape index (κ2) is 9.63. The summed E-state index contributed by atoms with van der Waals surface area (Å²) in [6.45, 7) is 4.62. The molecule has 0 aliphatic carbocycles. The minimum absolute atomic E-state index is 0.000808. The number of piperidine rings is 1. The first-order chi connectivity index (χ1) is 18.0. The van der Waals surface area contributed by atoms with Gasteiger partial charge in [-0.25, -0.2) is 4.90 Å². The van der Waals surface area contributed by atoms with E-state index in [-0.39, 0.29) is 28.1 Å². The van der Waals surface area contributed by atoms with Crippen molar-refractivity contribution in [2.24, 2.45) is 0 Å². The fourth-order valence-electron chi connectivity index (χ4n) is 5.05. The summed E-state index contributed by atoms with van der Waals surface area (Å²) in [4.78, 5) is 42.9. The molecule has 0 bridgehead atoms. The number of alkyl halides is 3. The number of hydrogen-bond donors (Lipinski definition) is 1. The van der Waals surface area contributed by atoms with Gasteiger partial charge in [0, 0.05) is 24.5 Å². The van der Waals surface area contributed by atoms with Crippen LogP contribution in [0.25, 0.3) is 0 Å². The Morgan fingerprint density at radius 1 is 0.842 bits per heavy atom. The number of anilines is 3. The van der Waals surface area contributed by atoms with E-state index in [1.165, 1.54) is 25.1 Å². The Labute approximate surface area is 218 Å². The van der Waals surface area contributed by atoms with Crippen LogP contribution < -0.4 is 15.1 Å². The second-order valence-corrected chi connectivity index (χ2v) is 9.73. The second-order valence-electron chi connectivity index (χ2n) is 9.73. The Balaban J connectivity index is 1.53. The lowest BCUT2D eigenvalue weighted by atomic mass is 10.0. The number of carbonyl (C=O) groups excluding carboxylic acids is 3. The fourth-order valence-corrected chi connectivity index (χ4v) is 5.05. The van der Waals surface area contributed by atoms with Gasteiger partial charge >= 0.3 is 6.18 Å². The van der Waals surface area contributed by atoms with Gasteiger partial charge in [-0.05, 0) is 81.1 Å². The van der Waals surface area contributed by atoms with E-state index >= 15 is 0 Å². The van der Waals surface area contributed by atoms with E-state index in [4.69, 9.17) is 0 Å². The fraction of sp³-hybridized carbons (Fsp3) is 0.276. The molecule has 0 radical (unpaired) electrons. The summed E-state index contributed by atoms with van der Waals surface area (Å²) < 4.78 is 40.3. The third-order valence-electron chi connectivity index (χ3n) is 7.02. The van der Waals surface area contributed by atoms with Gasteiger partial charge in [0.15, 0.2) is 0 Å². The summed E-state index contributed by atoms with van der Waals surface area (Å²) >= 11 is 0. The Morgan fingerprint density at radius 2 is 1.55 bits per heavy atom. The van der Waals surface area contributed by atoms with Crippen LogP contribution in [-0.2, 0) is 6.18 Å². The smallest absolute Gasteiger partial charge is 0.371 e. The molecule has 2 heterocycles. The van der Waals surface area contributed by atoms with Gasteiger partial charge in [0.25, 0.3) is 17.7 Å². The van der Waals surface area contributed by atoms with Gasteiger partial charge in [-0.2, -0.15) is 13.2 Å². The number of benzene rings is 3. The van der Waals surface area contributed by atoms with Crippen molar-refractivity contribution < 1.29 is 27.6 Å². The number of halogens is 3. The van der Waals surface area contributed by atoms with Gasteiger partial charge in [-0.3, -0.25) is 14.4 Å². The van der Waals surface area contributed by atoms with E-state index in [0.29, 0.717) is 24.3 Å². The Hall–Kier alpha value is -4.14. The molecular weight excluding hydrogens is 495 g/mol. The average Bonchev–Trinajstić information content (AvgIpc) is 3.13.